The summed E-state index contributed by atoms with van der Waals surface area (Å²) in [4.78, 5) is 11.4. The third-order valence-corrected chi connectivity index (χ3v) is 34.7. The van der Waals surface area contributed by atoms with Gasteiger partial charge in [0.1, 0.15) is 7.36 Å². The maximum atomic E-state index is 11.4. The Balaban J connectivity index is 0.000000176. The van der Waals surface area contributed by atoms with Gasteiger partial charge in [0.15, 0.2) is 22.1 Å². The Labute approximate surface area is 610 Å². The zero-order valence-corrected chi connectivity index (χ0v) is 67.8. The smallest absolute Gasteiger partial charge is 0.310 e. The summed E-state index contributed by atoms with van der Waals surface area (Å²) in [6, 6.07) is 51.8. The normalized spacial score (nSPS) is 17.8. The van der Waals surface area contributed by atoms with Crippen molar-refractivity contribution >= 4 is 69.5 Å². The van der Waals surface area contributed by atoms with Crippen molar-refractivity contribution in [3.8, 4) is 0 Å². The van der Waals surface area contributed by atoms with E-state index in [1.165, 1.54) is 93.5 Å². The van der Waals surface area contributed by atoms with Crippen LogP contribution in [0, 0.1) is 34.5 Å². The van der Waals surface area contributed by atoms with Gasteiger partial charge in [-0.1, -0.05) is 216 Å². The molecule has 1 aliphatic carbocycles. The van der Waals surface area contributed by atoms with Gasteiger partial charge in [-0.15, -0.1) is 0 Å². The van der Waals surface area contributed by atoms with Crippen LogP contribution in [0.2, 0.25) is 0 Å². The Morgan fingerprint density at radius 1 is 0.406 bits per heavy atom. The Kier molecular flexibility index (Phi) is 27.9. The van der Waals surface area contributed by atoms with Crippen molar-refractivity contribution in [1.29, 1.82) is 20.6 Å². The lowest BCUT2D eigenvalue weighted by molar-refractivity contribution is -0.142. The number of aryl methyl sites for hydroxylation is 2. The predicted octanol–water partition coefficient (Wildman–Crippen LogP) is 25.4. The highest BCUT2D eigenvalue weighted by molar-refractivity contribution is 7.73. The third-order valence-electron chi connectivity index (χ3n) is 20.7. The van der Waals surface area contributed by atoms with E-state index in [4.69, 9.17) is 9.90 Å². The zero-order valence-electron chi connectivity index (χ0n) is 64.2. The Hall–Kier alpha value is -6.61. The van der Waals surface area contributed by atoms with Crippen LogP contribution in [0.3, 0.4) is 0 Å². The average molecular weight is 1440 g/mol. The van der Waals surface area contributed by atoms with Crippen molar-refractivity contribution in [3.63, 3.8) is 0 Å². The highest BCUT2D eigenvalue weighted by Crippen LogP contribution is 2.71. The van der Waals surface area contributed by atoms with Crippen molar-refractivity contribution in [2.24, 2.45) is 0 Å². The lowest BCUT2D eigenvalue weighted by Crippen LogP contribution is -2.23. The van der Waals surface area contributed by atoms with Gasteiger partial charge in [-0.2, -0.15) is 0 Å². The average Bonchev–Trinajstić information content (AvgIpc) is 1.63. The maximum absolute atomic E-state index is 11.4. The fraction of sp³-hybridized carbons (Fsp3) is 0.458. The molecule has 4 saturated heterocycles. The summed E-state index contributed by atoms with van der Waals surface area (Å²) in [7, 11) is -5.78. The van der Waals surface area contributed by atoms with E-state index < -0.39 is 29.4 Å². The molecule has 0 atom stereocenters. The first-order valence-corrected chi connectivity index (χ1v) is 44.0. The number of esters is 1. The molecular formula is C83H122N12O2P4. The number of hydrogen-bond acceptors (Lipinski definition) is 6. The van der Waals surface area contributed by atoms with Gasteiger partial charge in [-0.25, -0.2) is 0 Å². The van der Waals surface area contributed by atoms with Crippen LogP contribution in [-0.4, -0.2) is 88.4 Å². The minimum Gasteiger partial charge on any atom is -0.466 e. The molecule has 0 radical (unpaired) electrons. The zero-order chi connectivity index (χ0) is 73.7. The first-order chi connectivity index (χ1) is 48.1. The second-order valence-electron chi connectivity index (χ2n) is 28.8. The molecule has 6 aromatic rings. The van der Waals surface area contributed by atoms with Gasteiger partial charge in [-0.05, 0) is 174 Å². The summed E-state index contributed by atoms with van der Waals surface area (Å²) >= 11 is 0. The fourth-order valence-corrected chi connectivity index (χ4v) is 27.5. The van der Waals surface area contributed by atoms with Gasteiger partial charge in [-0.3, -0.25) is 34.8 Å². The Bertz CT molecular complexity index is 3800. The number of benzene rings is 6. The molecule has 11 rings (SSSR count). The fourth-order valence-electron chi connectivity index (χ4n) is 15.0. The number of carbonyl (C=O) groups is 1. The first kappa shape index (κ1) is 80.1. The van der Waals surface area contributed by atoms with E-state index in [1.54, 1.807) is 12.5 Å². The van der Waals surface area contributed by atoms with E-state index in [0.717, 1.165) is 93.6 Å². The van der Waals surface area contributed by atoms with Crippen LogP contribution in [0.4, 0.5) is 34.1 Å². The van der Waals surface area contributed by atoms with E-state index in [0.29, 0.717) is 35.6 Å². The predicted molar refractivity (Wildman–Crippen MR) is 442 cm³/mol. The second kappa shape index (κ2) is 35.2. The molecule has 4 heterocycles. The van der Waals surface area contributed by atoms with E-state index >= 15 is 0 Å². The summed E-state index contributed by atoms with van der Waals surface area (Å²) in [5.74, 6) is 1.33. The topological polar surface area (TPSA) is 148 Å². The third kappa shape index (κ3) is 17.0. The number of rotatable bonds is 20. The molecule has 0 unspecified atom stereocenters. The summed E-state index contributed by atoms with van der Waals surface area (Å²) in [6.45, 7) is 50.9. The maximum Gasteiger partial charge on any atom is 0.310 e. The van der Waals surface area contributed by atoms with Gasteiger partial charge in [0.05, 0.1) is 13.0 Å². The molecule has 14 nitrogen and oxygen atoms in total. The van der Waals surface area contributed by atoms with Crippen molar-refractivity contribution < 1.29 is 9.53 Å². The number of carbonyl (C=O) groups excluding carboxylic acids is 1. The summed E-state index contributed by atoms with van der Waals surface area (Å²) in [5, 5.41) is 42.4. The van der Waals surface area contributed by atoms with E-state index in [2.05, 4.69) is 283 Å². The Morgan fingerprint density at radius 2 is 0.733 bits per heavy atom. The number of likely N-dealkylation sites (N-methyl/N-ethyl adjacent to an activating group) is 2. The molecule has 1 saturated carbocycles. The molecule has 0 amide bonds. The molecule has 101 heavy (non-hydrogen) atoms. The van der Waals surface area contributed by atoms with Gasteiger partial charge in [0.2, 0.25) is 0 Å². The minimum atomic E-state index is -2.62. The van der Waals surface area contributed by atoms with Crippen LogP contribution in [0.1, 0.15) is 198 Å². The van der Waals surface area contributed by atoms with Gasteiger partial charge in [0.25, 0.3) is 0 Å². The second-order valence-corrected chi connectivity index (χ2v) is 40.3. The molecule has 5 aliphatic rings. The molecule has 5 fully saturated rings. The standard InChI is InChI=1S/C30H46N3P.C23H30N3P.C20H26N3P.C10H20N3O2P/c1-11-24(10)34(31)32(29-25(20(2)3)14-12-15-26(29)21(4)5)18-19-33(34)30-27(22(6)7)16-13-17-28(30)23(8)9;1-2-23(20-12-6-3-7-13-20)27(24)25(21-14-8-4-9-15-21)18-19-26(27)22-16-10-5-11-17-22;1-5-18(4)24(21)22(19-10-6-16(2)7-11-19)14-15-23(24)20-12-8-17(3)9-13-20;1-5-15-10(14)8-9(2)16(11)12(3)6-7-13(16)4/h12-17,20-23,31H,10-11,18-19H2,1-9H3;4-5,8-11,14-17,24H,2-3,6-7,12-13,18-19H2,1H3;6-13,21H,4-5,14-15H2,1-3H3;11H,2,5-8H2,1,3-4H3. The van der Waals surface area contributed by atoms with Gasteiger partial charge >= 0.3 is 5.97 Å². The van der Waals surface area contributed by atoms with Crippen molar-refractivity contribution in [1.82, 2.24) is 9.34 Å². The van der Waals surface area contributed by atoms with Crippen LogP contribution in [0.25, 0.3) is 0 Å². The molecular weight excluding hydrogens is 1320 g/mol. The van der Waals surface area contributed by atoms with E-state index in [1.807, 2.05) is 23.4 Å². The minimum absolute atomic E-state index is 0.153. The molecule has 4 N–H and O–H groups in total. The van der Waals surface area contributed by atoms with E-state index in [-0.39, 0.29) is 12.4 Å². The number of hydrogen-bond donors (Lipinski definition) is 4. The molecule has 4 aliphatic heterocycles. The summed E-state index contributed by atoms with van der Waals surface area (Å²) in [5.41, 5.74) is 16.7. The molecule has 18 heteroatoms. The van der Waals surface area contributed by atoms with Gasteiger partial charge < -0.3 is 32.8 Å². The van der Waals surface area contributed by atoms with Crippen molar-refractivity contribution in [2.75, 3.05) is 101 Å². The number of anilines is 6. The summed E-state index contributed by atoms with van der Waals surface area (Å²) in [6.07, 6.45) is 9.09. The lowest BCUT2D eigenvalue weighted by Gasteiger charge is -2.41. The monoisotopic (exact) mass is 1440 g/mol. The molecule has 0 bridgehead atoms. The largest absolute Gasteiger partial charge is 0.466 e. The summed E-state index contributed by atoms with van der Waals surface area (Å²) < 4.78 is 23.2. The van der Waals surface area contributed by atoms with Crippen molar-refractivity contribution in [3.05, 3.63) is 226 Å². The van der Waals surface area contributed by atoms with Crippen LogP contribution in [-0.2, 0) is 9.53 Å². The lowest BCUT2D eigenvalue weighted by atomic mass is 9.92. The van der Waals surface area contributed by atoms with Crippen molar-refractivity contribution in [2.45, 2.75) is 178 Å². The van der Waals surface area contributed by atoms with Gasteiger partial charge in [0, 0.05) is 108 Å². The molecule has 0 aromatic heterocycles. The number of nitrogens with one attached hydrogen (secondary N) is 4. The first-order valence-electron chi connectivity index (χ1n) is 37.2. The number of ether oxygens (including phenoxy) is 1. The highest BCUT2D eigenvalue weighted by atomic mass is 31.2. The van der Waals surface area contributed by atoms with E-state index in [9.17, 15) is 20.3 Å². The Morgan fingerprint density at radius 3 is 1.06 bits per heavy atom. The van der Waals surface area contributed by atoms with Crippen LogP contribution in [0.15, 0.2) is 192 Å². The molecule has 6 aromatic carbocycles. The van der Waals surface area contributed by atoms with Crippen LogP contribution in [0.5, 0.6) is 0 Å². The van der Waals surface area contributed by atoms with Crippen LogP contribution >= 0.6 is 29.4 Å². The number of nitrogens with zero attached hydrogens (tertiary/aromatic N) is 8. The molecule has 0 spiro atoms. The SMILES string of the molecule is C=C(CC(=O)OCC)P1(=N)N(C)CCN1C.C=C(CC)P1(=N)N(c2c(C(C)C)cccc2C(C)C)CCN1c1c(C(C)C)cccc1C(C)C.C=C(CC)P1(=N)N(c2ccc(C)cc2)CCN1c1ccc(C)cc1.CCC(=C1CCCCC1)P1(=N)N(c2ccccc2)CCN1c1ccccc1. The number of para-hydroxylation sites is 4. The van der Waals surface area contributed by atoms with Crippen LogP contribution < -0.4 is 28.0 Å². The number of allylic oxidation sites excluding steroid dienone is 4. The molecule has 546 valence electrons. The highest BCUT2D eigenvalue weighted by Gasteiger charge is 2.46. The quantitative estimate of drug-likeness (QED) is 0.0430.